The fraction of sp³-hybridized carbons (Fsp3) is 1.00. The summed E-state index contributed by atoms with van der Waals surface area (Å²) in [5, 5.41) is 13.4. The van der Waals surface area contributed by atoms with Gasteiger partial charge in [-0.2, -0.15) is 0 Å². The average molecular weight is 239 g/mol. The number of rotatable bonds is 2. The number of hydrogen-bond acceptors (Lipinski definition) is 4. The SMILES string of the molecule is OC1CCCCC1N1CCN(C2CNC2)CC1. The molecule has 4 nitrogen and oxygen atoms in total. The number of nitrogens with one attached hydrogen (secondary N) is 1. The molecule has 2 N–H and O–H groups in total. The summed E-state index contributed by atoms with van der Waals surface area (Å²) < 4.78 is 0. The van der Waals surface area contributed by atoms with Crippen LogP contribution in [0.2, 0.25) is 0 Å². The monoisotopic (exact) mass is 239 g/mol. The van der Waals surface area contributed by atoms with Crippen LogP contribution < -0.4 is 5.32 Å². The van der Waals surface area contributed by atoms with E-state index in [1.54, 1.807) is 0 Å². The molecular formula is C13H25N3O. The zero-order valence-corrected chi connectivity index (χ0v) is 10.6. The van der Waals surface area contributed by atoms with E-state index in [1.165, 1.54) is 45.4 Å². The maximum Gasteiger partial charge on any atom is 0.0695 e. The van der Waals surface area contributed by atoms with Crippen molar-refractivity contribution < 1.29 is 5.11 Å². The quantitative estimate of drug-likeness (QED) is 0.705. The first-order chi connectivity index (χ1) is 8.34. The molecule has 0 radical (unpaired) electrons. The van der Waals surface area contributed by atoms with E-state index in [2.05, 4.69) is 15.1 Å². The normalized spacial score (nSPS) is 37.9. The Hall–Kier alpha value is -0.160. The molecule has 2 unspecified atom stereocenters. The summed E-state index contributed by atoms with van der Waals surface area (Å²) in [6, 6.07) is 1.24. The molecule has 1 saturated carbocycles. The lowest BCUT2D eigenvalue weighted by Gasteiger charge is -2.46. The Bertz CT molecular complexity index is 249. The van der Waals surface area contributed by atoms with Crippen LogP contribution in [0.3, 0.4) is 0 Å². The summed E-state index contributed by atoms with van der Waals surface area (Å²) in [5.41, 5.74) is 0. The summed E-state index contributed by atoms with van der Waals surface area (Å²) in [7, 11) is 0. The van der Waals surface area contributed by atoms with Gasteiger partial charge in [-0.3, -0.25) is 9.80 Å². The van der Waals surface area contributed by atoms with Crippen LogP contribution in [0.1, 0.15) is 25.7 Å². The summed E-state index contributed by atoms with van der Waals surface area (Å²) in [6.07, 6.45) is 4.66. The first-order valence-electron chi connectivity index (χ1n) is 7.21. The molecule has 0 bridgehead atoms. The molecule has 0 aromatic rings. The maximum absolute atomic E-state index is 10.1. The van der Waals surface area contributed by atoms with Crippen LogP contribution in [-0.2, 0) is 0 Å². The van der Waals surface area contributed by atoms with Crippen LogP contribution in [0.25, 0.3) is 0 Å². The predicted octanol–water partition coefficient (Wildman–Crippen LogP) is -0.121. The molecule has 4 heteroatoms. The third-order valence-corrected chi connectivity index (χ3v) is 4.79. The van der Waals surface area contributed by atoms with Crippen molar-refractivity contribution in [3.8, 4) is 0 Å². The average Bonchev–Trinajstić information content (AvgIpc) is 2.29. The smallest absolute Gasteiger partial charge is 0.0695 e. The van der Waals surface area contributed by atoms with Gasteiger partial charge in [0.05, 0.1) is 6.10 Å². The van der Waals surface area contributed by atoms with Gasteiger partial charge in [-0.05, 0) is 12.8 Å². The van der Waals surface area contributed by atoms with Crippen molar-refractivity contribution in [3.05, 3.63) is 0 Å². The van der Waals surface area contributed by atoms with E-state index in [0.29, 0.717) is 6.04 Å². The van der Waals surface area contributed by atoms with E-state index in [9.17, 15) is 5.11 Å². The second kappa shape index (κ2) is 5.22. The highest BCUT2D eigenvalue weighted by Crippen LogP contribution is 2.24. The number of aliphatic hydroxyl groups excluding tert-OH is 1. The van der Waals surface area contributed by atoms with E-state index in [4.69, 9.17) is 0 Å². The number of nitrogens with zero attached hydrogens (tertiary/aromatic N) is 2. The van der Waals surface area contributed by atoms with E-state index < -0.39 is 0 Å². The molecule has 0 aromatic carbocycles. The van der Waals surface area contributed by atoms with Crippen molar-refractivity contribution in [1.82, 2.24) is 15.1 Å². The van der Waals surface area contributed by atoms with Crippen molar-refractivity contribution >= 4 is 0 Å². The Morgan fingerprint density at radius 3 is 2.12 bits per heavy atom. The zero-order chi connectivity index (χ0) is 11.7. The Balaban J connectivity index is 1.49. The molecule has 17 heavy (non-hydrogen) atoms. The largest absolute Gasteiger partial charge is 0.391 e. The highest BCUT2D eigenvalue weighted by molar-refractivity contribution is 4.90. The van der Waals surface area contributed by atoms with Gasteiger partial charge >= 0.3 is 0 Å². The third-order valence-electron chi connectivity index (χ3n) is 4.79. The lowest BCUT2D eigenvalue weighted by Crippen LogP contribution is -2.63. The van der Waals surface area contributed by atoms with Crippen molar-refractivity contribution in [2.45, 2.75) is 43.9 Å². The minimum Gasteiger partial charge on any atom is -0.391 e. The molecule has 1 aliphatic carbocycles. The van der Waals surface area contributed by atoms with Gasteiger partial charge in [0.2, 0.25) is 0 Å². The fourth-order valence-electron chi connectivity index (χ4n) is 3.48. The minimum atomic E-state index is -0.0688. The molecule has 2 heterocycles. The highest BCUT2D eigenvalue weighted by Gasteiger charge is 2.33. The van der Waals surface area contributed by atoms with Crippen LogP contribution in [-0.4, -0.2) is 72.4 Å². The van der Waals surface area contributed by atoms with Gasteiger partial charge < -0.3 is 10.4 Å². The third kappa shape index (κ3) is 2.50. The first kappa shape index (κ1) is 11.9. The Morgan fingerprint density at radius 1 is 0.882 bits per heavy atom. The van der Waals surface area contributed by atoms with Crippen molar-refractivity contribution in [2.75, 3.05) is 39.3 Å². The summed E-state index contributed by atoms with van der Waals surface area (Å²) >= 11 is 0. The van der Waals surface area contributed by atoms with E-state index in [1.807, 2.05) is 0 Å². The maximum atomic E-state index is 10.1. The van der Waals surface area contributed by atoms with Gasteiger partial charge in [-0.15, -0.1) is 0 Å². The molecule has 3 fully saturated rings. The van der Waals surface area contributed by atoms with E-state index >= 15 is 0 Å². The van der Waals surface area contributed by atoms with Gasteiger partial charge in [0.25, 0.3) is 0 Å². The van der Waals surface area contributed by atoms with Crippen molar-refractivity contribution in [1.29, 1.82) is 0 Å². The molecule has 2 atom stereocenters. The second-order valence-electron chi connectivity index (χ2n) is 5.80. The minimum absolute atomic E-state index is 0.0688. The molecule has 98 valence electrons. The predicted molar refractivity (Wildman–Crippen MR) is 68.1 cm³/mol. The van der Waals surface area contributed by atoms with Gasteiger partial charge in [0.1, 0.15) is 0 Å². The molecule has 3 aliphatic rings. The standard InChI is InChI=1S/C13H25N3O/c17-13-4-2-1-3-12(13)16-7-5-15(6-8-16)11-9-14-10-11/h11-14,17H,1-10H2. The Morgan fingerprint density at radius 2 is 1.53 bits per heavy atom. The lowest BCUT2D eigenvalue weighted by molar-refractivity contribution is -0.0150. The van der Waals surface area contributed by atoms with Crippen LogP contribution >= 0.6 is 0 Å². The molecule has 3 rings (SSSR count). The van der Waals surface area contributed by atoms with Gasteiger partial charge in [-0.1, -0.05) is 12.8 Å². The molecule has 0 aromatic heterocycles. The van der Waals surface area contributed by atoms with Crippen LogP contribution in [0.5, 0.6) is 0 Å². The molecule has 2 aliphatic heterocycles. The topological polar surface area (TPSA) is 38.7 Å². The lowest BCUT2D eigenvalue weighted by atomic mass is 9.91. The van der Waals surface area contributed by atoms with Crippen LogP contribution in [0, 0.1) is 0 Å². The van der Waals surface area contributed by atoms with E-state index in [0.717, 1.165) is 25.6 Å². The highest BCUT2D eigenvalue weighted by atomic mass is 16.3. The molecular weight excluding hydrogens is 214 g/mol. The Kier molecular flexibility index (Phi) is 3.66. The number of aliphatic hydroxyl groups is 1. The fourth-order valence-corrected chi connectivity index (χ4v) is 3.48. The molecule has 0 amide bonds. The van der Waals surface area contributed by atoms with Crippen molar-refractivity contribution in [3.63, 3.8) is 0 Å². The number of piperazine rings is 1. The van der Waals surface area contributed by atoms with Crippen LogP contribution in [0.4, 0.5) is 0 Å². The zero-order valence-electron chi connectivity index (χ0n) is 10.6. The molecule has 2 saturated heterocycles. The van der Waals surface area contributed by atoms with Gasteiger partial charge in [0, 0.05) is 51.4 Å². The first-order valence-corrected chi connectivity index (χ1v) is 7.21. The summed E-state index contributed by atoms with van der Waals surface area (Å²) in [5.74, 6) is 0. The summed E-state index contributed by atoms with van der Waals surface area (Å²) in [4.78, 5) is 5.15. The van der Waals surface area contributed by atoms with Crippen LogP contribution in [0.15, 0.2) is 0 Å². The van der Waals surface area contributed by atoms with E-state index in [-0.39, 0.29) is 6.10 Å². The van der Waals surface area contributed by atoms with Gasteiger partial charge in [0.15, 0.2) is 0 Å². The van der Waals surface area contributed by atoms with Crippen molar-refractivity contribution in [2.24, 2.45) is 0 Å². The Labute approximate surface area is 104 Å². The summed E-state index contributed by atoms with van der Waals surface area (Å²) in [6.45, 7) is 7.03. The molecule has 0 spiro atoms. The van der Waals surface area contributed by atoms with Gasteiger partial charge in [-0.25, -0.2) is 0 Å². The second-order valence-corrected chi connectivity index (χ2v) is 5.80. The number of hydrogen-bond donors (Lipinski definition) is 2.